The minimum absolute atomic E-state index is 0.291. The van der Waals surface area contributed by atoms with Gasteiger partial charge in [-0.15, -0.1) is 11.6 Å². The monoisotopic (exact) mass is 357 g/mol. The number of benzene rings is 1. The normalized spacial score (nSPS) is 10.2. The smallest absolute Gasteiger partial charge is 0.224 e. The predicted molar refractivity (Wildman–Crippen MR) is 81.1 cm³/mol. The molecule has 20 heavy (non-hydrogen) atoms. The highest BCUT2D eigenvalue weighted by atomic mass is 79.9. The van der Waals surface area contributed by atoms with Gasteiger partial charge in [0.1, 0.15) is 0 Å². The van der Waals surface area contributed by atoms with Crippen LogP contribution in [0.15, 0.2) is 34.9 Å². The standard InChI is InChI=1S/C14H13BrClNO3/c1-18-11-4-3-5-12(19-2)13(11)20-14-9(7-16)6-10(15)8-17-14/h3-6,8H,7H2,1-2H3. The SMILES string of the molecule is COc1cccc(OC)c1Oc1ncc(Br)cc1CCl. The summed E-state index contributed by atoms with van der Waals surface area (Å²) in [5.74, 6) is 2.31. The van der Waals surface area contributed by atoms with Crippen LogP contribution in [0.3, 0.4) is 0 Å². The maximum atomic E-state index is 5.91. The van der Waals surface area contributed by atoms with Gasteiger partial charge in [-0.25, -0.2) is 4.98 Å². The van der Waals surface area contributed by atoms with Gasteiger partial charge in [-0.2, -0.15) is 0 Å². The fraction of sp³-hybridized carbons (Fsp3) is 0.214. The summed E-state index contributed by atoms with van der Waals surface area (Å²) in [6.45, 7) is 0. The largest absolute Gasteiger partial charge is 0.493 e. The summed E-state index contributed by atoms with van der Waals surface area (Å²) in [5.41, 5.74) is 0.772. The van der Waals surface area contributed by atoms with Crippen LogP contribution in [-0.2, 0) is 5.88 Å². The van der Waals surface area contributed by atoms with Crippen LogP contribution in [-0.4, -0.2) is 19.2 Å². The molecular weight excluding hydrogens is 346 g/mol. The Balaban J connectivity index is 2.44. The number of hydrogen-bond acceptors (Lipinski definition) is 4. The fourth-order valence-electron chi connectivity index (χ4n) is 1.67. The first-order chi connectivity index (χ1) is 9.69. The Kier molecular flexibility index (Phi) is 5.09. The van der Waals surface area contributed by atoms with Gasteiger partial charge in [0.15, 0.2) is 11.5 Å². The zero-order valence-electron chi connectivity index (χ0n) is 11.0. The van der Waals surface area contributed by atoms with Gasteiger partial charge in [-0.3, -0.25) is 0 Å². The van der Waals surface area contributed by atoms with Gasteiger partial charge >= 0.3 is 0 Å². The summed E-state index contributed by atoms with van der Waals surface area (Å²) in [5, 5.41) is 0. The lowest BCUT2D eigenvalue weighted by Crippen LogP contribution is -1.98. The molecule has 1 aromatic heterocycles. The molecule has 0 radical (unpaired) electrons. The first-order valence-corrected chi connectivity index (χ1v) is 7.11. The molecule has 0 N–H and O–H groups in total. The lowest BCUT2D eigenvalue weighted by molar-refractivity contribution is 0.341. The van der Waals surface area contributed by atoms with Crippen LogP contribution in [0.1, 0.15) is 5.56 Å². The van der Waals surface area contributed by atoms with Crippen LogP contribution in [0.4, 0.5) is 0 Å². The second-order valence-corrected chi connectivity index (χ2v) is 5.03. The molecule has 6 heteroatoms. The Hall–Kier alpha value is -1.46. The van der Waals surface area contributed by atoms with Crippen molar-refractivity contribution in [1.82, 2.24) is 4.98 Å². The van der Waals surface area contributed by atoms with Crippen molar-refractivity contribution in [2.75, 3.05) is 14.2 Å². The number of rotatable bonds is 5. The van der Waals surface area contributed by atoms with E-state index < -0.39 is 0 Å². The van der Waals surface area contributed by atoms with Crippen molar-refractivity contribution in [3.05, 3.63) is 40.5 Å². The minimum atomic E-state index is 0.291. The Morgan fingerprint density at radius 3 is 2.40 bits per heavy atom. The Labute approximate surface area is 130 Å². The molecule has 1 aromatic carbocycles. The number of nitrogens with zero attached hydrogens (tertiary/aromatic N) is 1. The summed E-state index contributed by atoms with van der Waals surface area (Å²) < 4.78 is 17.2. The van der Waals surface area contributed by atoms with E-state index in [4.69, 9.17) is 25.8 Å². The van der Waals surface area contributed by atoms with Gasteiger partial charge in [-0.1, -0.05) is 6.07 Å². The Morgan fingerprint density at radius 1 is 1.20 bits per heavy atom. The molecule has 0 saturated carbocycles. The van der Waals surface area contributed by atoms with Crippen LogP contribution >= 0.6 is 27.5 Å². The highest BCUT2D eigenvalue weighted by molar-refractivity contribution is 9.10. The molecule has 0 fully saturated rings. The number of hydrogen-bond donors (Lipinski definition) is 0. The van der Waals surface area contributed by atoms with Crippen LogP contribution in [0.2, 0.25) is 0 Å². The van der Waals surface area contributed by atoms with Crippen molar-refractivity contribution in [1.29, 1.82) is 0 Å². The molecule has 1 heterocycles. The maximum absolute atomic E-state index is 5.91. The van der Waals surface area contributed by atoms with E-state index in [1.54, 1.807) is 32.5 Å². The van der Waals surface area contributed by atoms with Gasteiger partial charge in [0.05, 0.1) is 20.1 Å². The topological polar surface area (TPSA) is 40.6 Å². The van der Waals surface area contributed by atoms with E-state index in [2.05, 4.69) is 20.9 Å². The second-order valence-electron chi connectivity index (χ2n) is 3.85. The highest BCUT2D eigenvalue weighted by Gasteiger charge is 2.15. The van der Waals surface area contributed by atoms with Crippen LogP contribution in [0, 0.1) is 0 Å². The molecule has 106 valence electrons. The predicted octanol–water partition coefficient (Wildman–Crippen LogP) is 4.39. The first-order valence-electron chi connectivity index (χ1n) is 5.78. The van der Waals surface area contributed by atoms with Crippen LogP contribution in [0.25, 0.3) is 0 Å². The van der Waals surface area contributed by atoms with Crippen molar-refractivity contribution in [3.63, 3.8) is 0 Å². The van der Waals surface area contributed by atoms with Gasteiger partial charge in [0.2, 0.25) is 11.6 Å². The zero-order valence-corrected chi connectivity index (χ0v) is 13.4. The van der Waals surface area contributed by atoms with E-state index in [-0.39, 0.29) is 0 Å². The lowest BCUT2D eigenvalue weighted by Gasteiger charge is -2.14. The van der Waals surface area contributed by atoms with Gasteiger partial charge in [0, 0.05) is 16.2 Å². The average molecular weight is 359 g/mol. The minimum Gasteiger partial charge on any atom is -0.493 e. The van der Waals surface area contributed by atoms with E-state index >= 15 is 0 Å². The second kappa shape index (κ2) is 6.81. The number of aromatic nitrogens is 1. The molecule has 0 saturated heterocycles. The van der Waals surface area contributed by atoms with Crippen molar-refractivity contribution in [3.8, 4) is 23.1 Å². The molecule has 2 aromatic rings. The molecule has 0 unspecified atom stereocenters. The lowest BCUT2D eigenvalue weighted by atomic mass is 10.3. The van der Waals surface area contributed by atoms with E-state index in [0.717, 1.165) is 10.0 Å². The third-order valence-electron chi connectivity index (χ3n) is 2.62. The molecule has 0 atom stereocenters. The van der Waals surface area contributed by atoms with Gasteiger partial charge in [0.25, 0.3) is 0 Å². The van der Waals surface area contributed by atoms with E-state index in [1.807, 2.05) is 12.1 Å². The summed E-state index contributed by atoms with van der Waals surface area (Å²) >= 11 is 9.27. The van der Waals surface area contributed by atoms with E-state index in [0.29, 0.717) is 29.0 Å². The number of para-hydroxylation sites is 1. The molecule has 0 aliphatic rings. The molecule has 2 rings (SSSR count). The molecule has 0 bridgehead atoms. The highest BCUT2D eigenvalue weighted by Crippen LogP contribution is 2.40. The molecule has 0 aliphatic heterocycles. The Morgan fingerprint density at radius 2 is 1.85 bits per heavy atom. The number of alkyl halides is 1. The Bertz CT molecular complexity index is 585. The fourth-order valence-corrected chi connectivity index (χ4v) is 2.24. The van der Waals surface area contributed by atoms with Gasteiger partial charge in [-0.05, 0) is 34.1 Å². The maximum Gasteiger partial charge on any atom is 0.224 e. The van der Waals surface area contributed by atoms with Crippen molar-refractivity contribution < 1.29 is 14.2 Å². The summed E-state index contributed by atoms with van der Waals surface area (Å²) in [6.07, 6.45) is 1.65. The number of pyridine rings is 1. The van der Waals surface area contributed by atoms with Gasteiger partial charge < -0.3 is 14.2 Å². The van der Waals surface area contributed by atoms with Crippen molar-refractivity contribution >= 4 is 27.5 Å². The molecule has 0 amide bonds. The van der Waals surface area contributed by atoms with Crippen molar-refractivity contribution in [2.45, 2.75) is 5.88 Å². The summed E-state index contributed by atoms with van der Waals surface area (Å²) in [4.78, 5) is 4.23. The summed E-state index contributed by atoms with van der Waals surface area (Å²) in [6, 6.07) is 7.26. The van der Waals surface area contributed by atoms with E-state index in [9.17, 15) is 0 Å². The molecule has 0 spiro atoms. The van der Waals surface area contributed by atoms with Crippen molar-refractivity contribution in [2.24, 2.45) is 0 Å². The quantitative estimate of drug-likeness (QED) is 0.743. The number of ether oxygens (including phenoxy) is 3. The molecule has 4 nitrogen and oxygen atoms in total. The molecule has 0 aliphatic carbocycles. The average Bonchev–Trinajstić information content (AvgIpc) is 2.49. The summed E-state index contributed by atoms with van der Waals surface area (Å²) in [7, 11) is 3.14. The number of methoxy groups -OCH3 is 2. The third-order valence-corrected chi connectivity index (χ3v) is 3.34. The number of halogens is 2. The van der Waals surface area contributed by atoms with Crippen LogP contribution in [0.5, 0.6) is 23.1 Å². The van der Waals surface area contributed by atoms with Crippen LogP contribution < -0.4 is 14.2 Å². The molecular formula is C14H13BrClNO3. The first kappa shape index (κ1) is 14.9. The van der Waals surface area contributed by atoms with E-state index in [1.165, 1.54) is 0 Å². The third kappa shape index (κ3) is 3.16. The zero-order chi connectivity index (χ0) is 14.5.